The van der Waals surface area contributed by atoms with Crippen LogP contribution >= 0.6 is 11.3 Å². The summed E-state index contributed by atoms with van der Waals surface area (Å²) in [5, 5.41) is 2.15. The highest BCUT2D eigenvalue weighted by Crippen LogP contribution is 2.25. The van der Waals surface area contributed by atoms with E-state index < -0.39 is 0 Å². The normalized spacial score (nSPS) is 15.9. The first kappa shape index (κ1) is 16.2. The summed E-state index contributed by atoms with van der Waals surface area (Å²) in [6.45, 7) is 6.19. The third-order valence-corrected chi connectivity index (χ3v) is 5.25. The van der Waals surface area contributed by atoms with Crippen LogP contribution in [0.4, 0.5) is 0 Å². The van der Waals surface area contributed by atoms with Gasteiger partial charge in [0.05, 0.1) is 0 Å². The second kappa shape index (κ2) is 7.21. The van der Waals surface area contributed by atoms with Gasteiger partial charge in [-0.1, -0.05) is 43.3 Å². The molecule has 0 saturated heterocycles. The third-order valence-electron chi connectivity index (χ3n) is 4.35. The molecule has 2 aromatic rings. The second-order valence-electron chi connectivity index (χ2n) is 6.18. The van der Waals surface area contributed by atoms with Gasteiger partial charge < -0.3 is 10.6 Å². The number of likely N-dealkylation sites (N-methyl/N-ethyl adjacent to an activating group) is 1. The number of hydrogen-bond donors (Lipinski definition) is 1. The molecular weight excluding hydrogens is 276 g/mol. The first-order chi connectivity index (χ1) is 10.0. The predicted molar refractivity (Wildman–Crippen MR) is 93.0 cm³/mol. The van der Waals surface area contributed by atoms with Gasteiger partial charge in [-0.15, -0.1) is 11.3 Å². The molecule has 0 aliphatic rings. The summed E-state index contributed by atoms with van der Waals surface area (Å²) in [5.41, 5.74) is 7.42. The average molecular weight is 302 g/mol. The smallest absolute Gasteiger partial charge is 0.0174 e. The molecule has 2 unspecified atom stereocenters. The minimum atomic E-state index is -0.000278. The van der Waals surface area contributed by atoms with E-state index in [0.29, 0.717) is 12.6 Å². The third kappa shape index (κ3) is 4.16. The summed E-state index contributed by atoms with van der Waals surface area (Å²) < 4.78 is 0. The molecule has 1 aromatic heterocycles. The number of rotatable bonds is 7. The van der Waals surface area contributed by atoms with E-state index in [2.05, 4.69) is 73.6 Å². The molecule has 1 heterocycles. The first-order valence-electron chi connectivity index (χ1n) is 7.53. The zero-order chi connectivity index (χ0) is 15.3. The Kier molecular flexibility index (Phi) is 5.57. The van der Waals surface area contributed by atoms with Gasteiger partial charge in [-0.25, -0.2) is 0 Å². The van der Waals surface area contributed by atoms with E-state index in [1.165, 1.54) is 10.4 Å². The molecule has 0 aliphatic carbocycles. The molecular formula is C18H26N2S. The van der Waals surface area contributed by atoms with E-state index in [1.807, 2.05) is 11.3 Å². The fourth-order valence-corrected chi connectivity index (χ4v) is 3.52. The molecule has 2 nitrogen and oxygen atoms in total. The van der Waals surface area contributed by atoms with Gasteiger partial charge in [0.25, 0.3) is 0 Å². The van der Waals surface area contributed by atoms with E-state index in [1.54, 1.807) is 0 Å². The Morgan fingerprint density at radius 3 is 2.48 bits per heavy atom. The van der Waals surface area contributed by atoms with Gasteiger partial charge in [0, 0.05) is 29.4 Å². The predicted octanol–water partition coefficient (Wildman–Crippen LogP) is 3.53. The lowest BCUT2D eigenvalue weighted by Gasteiger charge is -2.36. The maximum absolute atomic E-state index is 6.10. The molecule has 0 amide bonds. The molecule has 0 radical (unpaired) electrons. The lowest BCUT2D eigenvalue weighted by Crippen LogP contribution is -2.45. The maximum Gasteiger partial charge on any atom is 0.0174 e. The Labute approximate surface area is 132 Å². The maximum atomic E-state index is 6.10. The van der Waals surface area contributed by atoms with Gasteiger partial charge in [0.1, 0.15) is 0 Å². The van der Waals surface area contributed by atoms with Crippen LogP contribution in [0.25, 0.3) is 0 Å². The van der Waals surface area contributed by atoms with Gasteiger partial charge >= 0.3 is 0 Å². The summed E-state index contributed by atoms with van der Waals surface area (Å²) in [5.74, 6) is 0. The van der Waals surface area contributed by atoms with Crippen LogP contribution in [0.2, 0.25) is 0 Å². The van der Waals surface area contributed by atoms with E-state index in [-0.39, 0.29) is 5.41 Å². The Bertz CT molecular complexity index is 523. The standard InChI is InChI=1S/C18H26N2S/c1-15(12-17-10-7-11-21-17)20(3)14-18(2,13-19)16-8-5-4-6-9-16/h4-11,15H,12-14,19H2,1-3H3. The van der Waals surface area contributed by atoms with Crippen LogP contribution in [0, 0.1) is 0 Å². The quantitative estimate of drug-likeness (QED) is 0.848. The molecule has 3 heteroatoms. The molecule has 2 rings (SSSR count). The van der Waals surface area contributed by atoms with Crippen LogP contribution < -0.4 is 5.73 Å². The van der Waals surface area contributed by atoms with Crippen molar-refractivity contribution in [2.75, 3.05) is 20.1 Å². The van der Waals surface area contributed by atoms with Crippen molar-refractivity contribution >= 4 is 11.3 Å². The molecule has 21 heavy (non-hydrogen) atoms. The Balaban J connectivity index is 2.03. The molecule has 1 aromatic carbocycles. The second-order valence-corrected chi connectivity index (χ2v) is 7.21. The van der Waals surface area contributed by atoms with Gasteiger partial charge in [0.2, 0.25) is 0 Å². The SMILES string of the molecule is CC(Cc1cccs1)N(C)CC(C)(CN)c1ccccc1. The number of thiophene rings is 1. The molecule has 114 valence electrons. The first-order valence-corrected chi connectivity index (χ1v) is 8.41. The monoisotopic (exact) mass is 302 g/mol. The van der Waals surface area contributed by atoms with Crippen LogP contribution in [0.1, 0.15) is 24.3 Å². The minimum absolute atomic E-state index is 0.000278. The number of benzene rings is 1. The lowest BCUT2D eigenvalue weighted by molar-refractivity contribution is 0.205. The van der Waals surface area contributed by atoms with E-state index >= 15 is 0 Å². The molecule has 0 spiro atoms. The van der Waals surface area contributed by atoms with Gasteiger partial charge in [-0.2, -0.15) is 0 Å². The summed E-state index contributed by atoms with van der Waals surface area (Å²) in [7, 11) is 2.20. The zero-order valence-corrected chi connectivity index (χ0v) is 14.1. The molecule has 2 atom stereocenters. The van der Waals surface area contributed by atoms with Gasteiger partial charge in [-0.3, -0.25) is 0 Å². The molecule has 2 N–H and O–H groups in total. The molecule has 0 bridgehead atoms. The molecule has 0 saturated carbocycles. The van der Waals surface area contributed by atoms with E-state index in [4.69, 9.17) is 5.73 Å². The molecule has 0 fully saturated rings. The minimum Gasteiger partial charge on any atom is -0.330 e. The van der Waals surface area contributed by atoms with Crippen molar-refractivity contribution in [3.8, 4) is 0 Å². The van der Waals surface area contributed by atoms with Crippen LogP contribution in [0.5, 0.6) is 0 Å². The molecule has 0 aliphatic heterocycles. The van der Waals surface area contributed by atoms with Crippen molar-refractivity contribution < 1.29 is 0 Å². The number of hydrogen-bond acceptors (Lipinski definition) is 3. The Morgan fingerprint density at radius 2 is 1.90 bits per heavy atom. The van der Waals surface area contributed by atoms with Crippen molar-refractivity contribution in [2.45, 2.75) is 31.7 Å². The van der Waals surface area contributed by atoms with Crippen molar-refractivity contribution in [3.05, 3.63) is 58.3 Å². The van der Waals surface area contributed by atoms with Crippen molar-refractivity contribution in [1.29, 1.82) is 0 Å². The zero-order valence-electron chi connectivity index (χ0n) is 13.3. The van der Waals surface area contributed by atoms with E-state index in [9.17, 15) is 0 Å². The van der Waals surface area contributed by atoms with Gasteiger partial charge in [-0.05, 0) is 37.4 Å². The summed E-state index contributed by atoms with van der Waals surface area (Å²) >= 11 is 1.84. The van der Waals surface area contributed by atoms with Gasteiger partial charge in [0.15, 0.2) is 0 Å². The summed E-state index contributed by atoms with van der Waals surface area (Å²) in [6.07, 6.45) is 1.10. The summed E-state index contributed by atoms with van der Waals surface area (Å²) in [4.78, 5) is 3.88. The Hall–Kier alpha value is -1.16. The van der Waals surface area contributed by atoms with Crippen LogP contribution in [0.15, 0.2) is 47.8 Å². The summed E-state index contributed by atoms with van der Waals surface area (Å²) in [6, 6.07) is 15.5. The van der Waals surface area contributed by atoms with Crippen LogP contribution in [-0.2, 0) is 11.8 Å². The topological polar surface area (TPSA) is 29.3 Å². The highest BCUT2D eigenvalue weighted by atomic mass is 32.1. The van der Waals surface area contributed by atoms with E-state index in [0.717, 1.165) is 13.0 Å². The van der Waals surface area contributed by atoms with Crippen LogP contribution in [0.3, 0.4) is 0 Å². The van der Waals surface area contributed by atoms with Crippen molar-refractivity contribution in [1.82, 2.24) is 4.90 Å². The highest BCUT2D eigenvalue weighted by molar-refractivity contribution is 7.09. The Morgan fingerprint density at radius 1 is 1.19 bits per heavy atom. The fourth-order valence-electron chi connectivity index (χ4n) is 2.70. The average Bonchev–Trinajstić information content (AvgIpc) is 3.00. The van der Waals surface area contributed by atoms with Crippen molar-refractivity contribution in [2.24, 2.45) is 5.73 Å². The largest absolute Gasteiger partial charge is 0.330 e. The lowest BCUT2D eigenvalue weighted by atomic mass is 9.81. The highest BCUT2D eigenvalue weighted by Gasteiger charge is 2.28. The van der Waals surface area contributed by atoms with Crippen molar-refractivity contribution in [3.63, 3.8) is 0 Å². The number of nitrogens with zero attached hydrogens (tertiary/aromatic N) is 1. The number of nitrogens with two attached hydrogens (primary N) is 1. The van der Waals surface area contributed by atoms with Crippen LogP contribution in [-0.4, -0.2) is 31.1 Å². The fraction of sp³-hybridized carbons (Fsp3) is 0.444.